The van der Waals surface area contributed by atoms with E-state index < -0.39 is 76.9 Å². The first-order chi connectivity index (χ1) is 37.1. The second-order valence-electron chi connectivity index (χ2n) is 18.5. The Morgan fingerprint density at radius 2 is 1.23 bits per heavy atom. The van der Waals surface area contributed by atoms with E-state index in [-0.39, 0.29) is 49.0 Å². The van der Waals surface area contributed by atoms with Gasteiger partial charge in [0, 0.05) is 56.0 Å². The second-order valence-corrected chi connectivity index (χ2v) is 28.6. The predicted octanol–water partition coefficient (Wildman–Crippen LogP) is 15.1. The molecule has 0 bridgehead atoms. The molecule has 0 saturated carbocycles. The van der Waals surface area contributed by atoms with Crippen LogP contribution in [0.3, 0.4) is 0 Å². The molecule has 0 N–H and O–H groups in total. The Morgan fingerprint density at radius 1 is 0.580 bits per heavy atom. The van der Waals surface area contributed by atoms with Crippen LogP contribution in [-0.2, 0) is 21.1 Å². The molecule has 11 aromatic rings. The van der Waals surface area contributed by atoms with Gasteiger partial charge in [-0.15, -0.1) is 29.7 Å². The normalized spacial score (nSPS) is 13.8. The number of ether oxygens (including phenoxy) is 1. The van der Waals surface area contributed by atoms with Crippen LogP contribution in [0.5, 0.6) is 11.5 Å². The molecule has 6 nitrogen and oxygen atoms in total. The summed E-state index contributed by atoms with van der Waals surface area (Å²) < 4.78 is 102. The summed E-state index contributed by atoms with van der Waals surface area (Å²) in [6.45, 7) is 14.3. The standard InChI is InChI=1S/C60H51N5OSi2.Pt/c1-67(2,3)65(68(4,5)6)48-36-37-61-59(40-48)64-55-35-32-46(43-20-10-7-11-21-43)38-54(55)53-34-33-50(41-58(53)64)66-49-27-18-26-47(39-49)62-42-63(57-31-17-16-30-56(57)62)60-51(44-22-12-8-13-23-44)28-19-29-52(60)45-24-14-9-15-25-45;/h7-38,40H,1-6H3;/q-2;/i8D,9D,12D,13D,14D,15D,22D,23D,24D,25D;. The maximum Gasteiger partial charge on any atom is 0.268 e. The number of aromatic nitrogens is 4. The monoisotopic (exact) mass is 1120 g/mol. The number of imidazole rings is 1. The fourth-order valence-corrected chi connectivity index (χ4v) is 19.5. The minimum absolute atomic E-state index is 0. The Bertz CT molecular complexity index is 4100. The summed E-state index contributed by atoms with van der Waals surface area (Å²) in [5, 5.41) is 2.01. The van der Waals surface area contributed by atoms with Gasteiger partial charge in [0.2, 0.25) is 0 Å². The number of fused-ring (bicyclic) bond motifs is 4. The van der Waals surface area contributed by atoms with Gasteiger partial charge in [0.1, 0.15) is 22.3 Å². The zero-order chi connectivity index (χ0) is 55.3. The number of para-hydroxylation sites is 3. The summed E-state index contributed by atoms with van der Waals surface area (Å²) in [5.41, 5.74) is 6.88. The van der Waals surface area contributed by atoms with Gasteiger partial charge >= 0.3 is 0 Å². The van der Waals surface area contributed by atoms with Crippen molar-refractivity contribution in [3.05, 3.63) is 219 Å². The third-order valence-electron chi connectivity index (χ3n) is 11.9. The number of nitrogens with zero attached hydrogens (tertiary/aromatic N) is 5. The molecular formula is C60H51N5OPtSi2-2. The molecule has 0 aliphatic heterocycles. The zero-order valence-electron chi connectivity index (χ0n) is 48.7. The summed E-state index contributed by atoms with van der Waals surface area (Å²) in [6, 6.07) is 44.4. The molecule has 69 heavy (non-hydrogen) atoms. The first-order valence-corrected chi connectivity index (χ1v) is 29.3. The van der Waals surface area contributed by atoms with Crippen molar-refractivity contribution in [2.45, 2.75) is 39.3 Å². The van der Waals surface area contributed by atoms with E-state index in [1.165, 1.54) is 0 Å². The number of anilines is 1. The molecule has 0 atom stereocenters. The molecule has 11 rings (SSSR count). The van der Waals surface area contributed by atoms with Crippen LogP contribution in [0.4, 0.5) is 5.69 Å². The molecule has 0 saturated heterocycles. The Balaban J connectivity index is 0.00000704. The molecule has 0 aliphatic carbocycles. The van der Waals surface area contributed by atoms with Crippen LogP contribution < -0.4 is 13.5 Å². The minimum atomic E-state index is -1.83. The molecule has 0 unspecified atom stereocenters. The third kappa shape index (κ3) is 8.69. The van der Waals surface area contributed by atoms with Crippen LogP contribution >= 0.6 is 0 Å². The maximum atomic E-state index is 9.06. The van der Waals surface area contributed by atoms with Gasteiger partial charge < -0.3 is 18.1 Å². The van der Waals surface area contributed by atoms with Crippen molar-refractivity contribution >= 4 is 55.0 Å². The first-order valence-electron chi connectivity index (χ1n) is 27.4. The Morgan fingerprint density at radius 3 is 1.93 bits per heavy atom. The summed E-state index contributed by atoms with van der Waals surface area (Å²) in [7, 11) is -3.66. The van der Waals surface area contributed by atoms with Crippen LogP contribution in [0.1, 0.15) is 13.7 Å². The average molecular weight is 1120 g/mol. The molecule has 3 heterocycles. The van der Waals surface area contributed by atoms with Gasteiger partial charge in [-0.2, -0.15) is 18.2 Å². The van der Waals surface area contributed by atoms with Crippen molar-refractivity contribution in [3.8, 4) is 62.1 Å². The molecule has 0 fully saturated rings. The SMILES string of the molecule is [2H]c1c([2H])c([2H])c(-c2cccc(-c3c([2H])c([2H])c([2H])c([2H])c3[2H])c2-[n+]2[c-]n(-c3[c-]c(Oc4[c-]c5c(cc4)c4cc(-c6ccccc6)ccc4n5-c4cc(N([Si](C)(C)C)[Si](C)(C)C)ccn4)ccc3)c3ccccc32)c([2H])c1[2H].[Pt]. The van der Waals surface area contributed by atoms with E-state index in [4.69, 9.17) is 23.4 Å². The van der Waals surface area contributed by atoms with Crippen LogP contribution in [0.15, 0.2) is 200 Å². The van der Waals surface area contributed by atoms with Gasteiger partial charge in [-0.25, -0.2) is 4.98 Å². The fourth-order valence-electron chi connectivity index (χ4n) is 9.59. The van der Waals surface area contributed by atoms with Gasteiger partial charge in [-0.3, -0.25) is 4.57 Å². The number of benzene rings is 8. The number of hydrogen-bond acceptors (Lipinski definition) is 3. The van der Waals surface area contributed by atoms with Crippen LogP contribution in [0, 0.1) is 18.5 Å². The molecule has 8 aromatic carbocycles. The number of rotatable bonds is 11. The van der Waals surface area contributed by atoms with Crippen LogP contribution in [-0.4, -0.2) is 30.6 Å². The van der Waals surface area contributed by atoms with Gasteiger partial charge in [0.15, 0.2) is 0 Å². The van der Waals surface area contributed by atoms with Gasteiger partial charge in [-0.05, 0) is 56.6 Å². The molecule has 9 heteroatoms. The van der Waals surface area contributed by atoms with Crippen molar-refractivity contribution in [1.82, 2.24) is 14.1 Å². The number of pyridine rings is 1. The van der Waals surface area contributed by atoms with E-state index in [2.05, 4.69) is 115 Å². The van der Waals surface area contributed by atoms with E-state index in [1.54, 1.807) is 33.4 Å². The minimum Gasteiger partial charge on any atom is -0.510 e. The Hall–Kier alpha value is -7.10. The Kier molecular flexibility index (Phi) is 9.37. The summed E-state index contributed by atoms with van der Waals surface area (Å²) in [5.74, 6) is 1.54. The van der Waals surface area contributed by atoms with Crippen molar-refractivity contribution in [1.29, 1.82) is 0 Å². The smallest absolute Gasteiger partial charge is 0.268 e. The largest absolute Gasteiger partial charge is 0.510 e. The van der Waals surface area contributed by atoms with Crippen LogP contribution in [0.25, 0.3) is 83.4 Å². The summed E-state index contributed by atoms with van der Waals surface area (Å²) in [4.78, 5) is 5.01. The number of hydrogen-bond donors (Lipinski definition) is 0. The van der Waals surface area contributed by atoms with Gasteiger partial charge in [0.25, 0.3) is 6.33 Å². The van der Waals surface area contributed by atoms with Gasteiger partial charge in [0.05, 0.1) is 30.4 Å². The fraction of sp³-hybridized carbons (Fsp3) is 0.100. The molecule has 0 aliphatic rings. The van der Waals surface area contributed by atoms with Crippen molar-refractivity contribution in [3.63, 3.8) is 0 Å². The van der Waals surface area contributed by atoms with Crippen molar-refractivity contribution < 1.29 is 44.1 Å². The molecular weight excluding hydrogens is 1060 g/mol. The third-order valence-corrected chi connectivity index (χ3v) is 19.1. The molecule has 342 valence electrons. The predicted molar refractivity (Wildman–Crippen MR) is 285 cm³/mol. The molecule has 0 amide bonds. The van der Waals surface area contributed by atoms with Crippen molar-refractivity contribution in [2.24, 2.45) is 0 Å². The second kappa shape index (κ2) is 18.4. The Labute approximate surface area is 435 Å². The molecule has 0 radical (unpaired) electrons. The topological polar surface area (TPSA) is 39.1 Å². The van der Waals surface area contributed by atoms with E-state index >= 15 is 0 Å². The van der Waals surface area contributed by atoms with E-state index in [9.17, 15) is 0 Å². The first kappa shape index (κ1) is 35.1. The van der Waals surface area contributed by atoms with E-state index in [1.807, 2.05) is 66.9 Å². The van der Waals surface area contributed by atoms with E-state index in [0.29, 0.717) is 28.2 Å². The van der Waals surface area contributed by atoms with Gasteiger partial charge in [-0.1, -0.05) is 190 Å². The maximum absolute atomic E-state index is 9.06. The quantitative estimate of drug-likeness (QED) is 0.0736. The zero-order valence-corrected chi connectivity index (χ0v) is 43.0. The van der Waals surface area contributed by atoms with E-state index in [0.717, 1.165) is 44.4 Å². The average Bonchev–Trinajstić information content (AvgIpc) is 4.03. The molecule has 3 aromatic heterocycles. The molecule has 0 spiro atoms. The summed E-state index contributed by atoms with van der Waals surface area (Å²) in [6.07, 6.45) is 5.32. The summed E-state index contributed by atoms with van der Waals surface area (Å²) >= 11 is 0. The van der Waals surface area contributed by atoms with Crippen molar-refractivity contribution in [2.75, 3.05) is 4.23 Å². The van der Waals surface area contributed by atoms with Crippen LogP contribution in [0.2, 0.25) is 39.3 Å².